The third-order valence-corrected chi connectivity index (χ3v) is 3.72. The van der Waals surface area contributed by atoms with E-state index in [0.29, 0.717) is 17.0 Å². The number of aromatic nitrogens is 3. The van der Waals surface area contributed by atoms with Gasteiger partial charge in [-0.3, -0.25) is 4.79 Å². The SMILES string of the molecule is CCCC(=O)C(O)(Cn1cncn1)c1ccc(Cl)cc1Cl. The molecular formula is C14H15Cl2N3O2. The van der Waals surface area contributed by atoms with Crippen LogP contribution in [0.2, 0.25) is 10.0 Å². The van der Waals surface area contributed by atoms with Gasteiger partial charge in [-0.25, -0.2) is 9.67 Å². The molecule has 0 fully saturated rings. The lowest BCUT2D eigenvalue weighted by molar-refractivity contribution is -0.140. The normalized spacial score (nSPS) is 13.9. The van der Waals surface area contributed by atoms with Crippen molar-refractivity contribution in [3.8, 4) is 0 Å². The zero-order valence-corrected chi connectivity index (χ0v) is 13.0. The number of benzene rings is 1. The summed E-state index contributed by atoms with van der Waals surface area (Å²) in [5.41, 5.74) is -1.44. The van der Waals surface area contributed by atoms with Gasteiger partial charge in [0.05, 0.1) is 6.54 Å². The number of hydrogen-bond donors (Lipinski definition) is 1. The standard InChI is InChI=1S/C14H15Cl2N3O2/c1-2-3-13(20)14(21,7-19-9-17-8-18-19)11-5-4-10(15)6-12(11)16/h4-6,8-9,21H,2-3,7H2,1H3. The maximum absolute atomic E-state index is 12.4. The highest BCUT2D eigenvalue weighted by molar-refractivity contribution is 6.35. The van der Waals surface area contributed by atoms with Crippen LogP contribution in [0, 0.1) is 0 Å². The summed E-state index contributed by atoms with van der Waals surface area (Å²) in [6.07, 6.45) is 3.65. The minimum atomic E-state index is -1.76. The molecule has 0 radical (unpaired) electrons. The van der Waals surface area contributed by atoms with Crippen LogP contribution in [-0.4, -0.2) is 25.7 Å². The molecule has 0 aliphatic rings. The van der Waals surface area contributed by atoms with Crippen LogP contribution in [0.4, 0.5) is 0 Å². The Bertz CT molecular complexity index is 631. The highest BCUT2D eigenvalue weighted by atomic mass is 35.5. The number of aliphatic hydroxyl groups is 1. The van der Waals surface area contributed by atoms with E-state index in [4.69, 9.17) is 23.2 Å². The zero-order valence-electron chi connectivity index (χ0n) is 11.5. The van der Waals surface area contributed by atoms with Crippen LogP contribution in [0.25, 0.3) is 0 Å². The minimum absolute atomic E-state index is 0.0484. The predicted molar refractivity (Wildman–Crippen MR) is 80.3 cm³/mol. The second-order valence-electron chi connectivity index (χ2n) is 4.75. The molecule has 2 aromatic rings. The molecule has 1 aromatic heterocycles. The lowest BCUT2D eigenvalue weighted by atomic mass is 9.87. The Morgan fingerprint density at radius 3 is 2.76 bits per heavy atom. The van der Waals surface area contributed by atoms with Crippen molar-refractivity contribution in [1.29, 1.82) is 0 Å². The molecule has 5 nitrogen and oxygen atoms in total. The number of Topliss-reactive ketones (excluding diaryl/α,β-unsaturated/α-hetero) is 1. The van der Waals surface area contributed by atoms with Crippen LogP contribution in [-0.2, 0) is 16.9 Å². The van der Waals surface area contributed by atoms with Gasteiger partial charge in [-0.1, -0.05) is 36.2 Å². The molecule has 7 heteroatoms. The highest BCUT2D eigenvalue weighted by Crippen LogP contribution is 2.33. The number of halogens is 2. The molecular weight excluding hydrogens is 313 g/mol. The number of ketones is 1. The van der Waals surface area contributed by atoms with Gasteiger partial charge in [0, 0.05) is 22.0 Å². The second-order valence-corrected chi connectivity index (χ2v) is 5.59. The molecule has 1 unspecified atom stereocenters. The molecule has 1 heterocycles. The molecule has 0 bridgehead atoms. The molecule has 21 heavy (non-hydrogen) atoms. The lowest BCUT2D eigenvalue weighted by Crippen LogP contribution is -2.40. The van der Waals surface area contributed by atoms with Crippen molar-refractivity contribution >= 4 is 29.0 Å². The van der Waals surface area contributed by atoms with Crippen molar-refractivity contribution < 1.29 is 9.90 Å². The summed E-state index contributed by atoms with van der Waals surface area (Å²) in [6.45, 7) is 1.82. The van der Waals surface area contributed by atoms with Crippen molar-refractivity contribution in [1.82, 2.24) is 14.8 Å². The summed E-state index contributed by atoms with van der Waals surface area (Å²) in [5.74, 6) is -0.315. The van der Waals surface area contributed by atoms with Gasteiger partial charge in [-0.15, -0.1) is 0 Å². The Hall–Kier alpha value is -1.43. The first-order valence-corrected chi connectivity index (χ1v) is 7.26. The van der Waals surface area contributed by atoms with Gasteiger partial charge in [-0.2, -0.15) is 5.10 Å². The van der Waals surface area contributed by atoms with Gasteiger partial charge < -0.3 is 5.11 Å². The second kappa shape index (κ2) is 6.56. The van der Waals surface area contributed by atoms with Crippen molar-refractivity contribution in [2.75, 3.05) is 0 Å². The summed E-state index contributed by atoms with van der Waals surface area (Å²) in [6, 6.07) is 4.66. The van der Waals surface area contributed by atoms with E-state index in [1.807, 2.05) is 6.92 Å². The average molecular weight is 328 g/mol. The summed E-state index contributed by atoms with van der Waals surface area (Å²) in [4.78, 5) is 16.2. The zero-order chi connectivity index (χ0) is 15.5. The molecule has 0 saturated heterocycles. The first kappa shape index (κ1) is 15.9. The van der Waals surface area contributed by atoms with E-state index in [0.717, 1.165) is 0 Å². The van der Waals surface area contributed by atoms with Crippen LogP contribution in [0.3, 0.4) is 0 Å². The lowest BCUT2D eigenvalue weighted by Gasteiger charge is -2.28. The van der Waals surface area contributed by atoms with E-state index in [9.17, 15) is 9.90 Å². The largest absolute Gasteiger partial charge is 0.375 e. The molecule has 0 aliphatic carbocycles. The Balaban J connectivity index is 2.46. The minimum Gasteiger partial charge on any atom is -0.375 e. The molecule has 1 N–H and O–H groups in total. The Labute approximate surface area is 132 Å². The maximum atomic E-state index is 12.4. The van der Waals surface area contributed by atoms with Crippen LogP contribution >= 0.6 is 23.2 Å². The monoisotopic (exact) mass is 327 g/mol. The first-order valence-electron chi connectivity index (χ1n) is 6.51. The molecule has 1 aromatic carbocycles. The number of carbonyl (C=O) groups excluding carboxylic acids is 1. The Morgan fingerprint density at radius 2 is 2.19 bits per heavy atom. The van der Waals surface area contributed by atoms with Gasteiger partial charge in [0.25, 0.3) is 0 Å². The molecule has 0 spiro atoms. The van der Waals surface area contributed by atoms with Crippen molar-refractivity contribution in [2.24, 2.45) is 0 Å². The van der Waals surface area contributed by atoms with Crippen molar-refractivity contribution in [3.05, 3.63) is 46.5 Å². The topological polar surface area (TPSA) is 68.0 Å². The fourth-order valence-corrected chi connectivity index (χ4v) is 2.70. The Morgan fingerprint density at radius 1 is 1.43 bits per heavy atom. The maximum Gasteiger partial charge on any atom is 0.170 e. The molecule has 2 rings (SSSR count). The number of nitrogens with zero attached hydrogens (tertiary/aromatic N) is 3. The van der Waals surface area contributed by atoms with Crippen molar-refractivity contribution in [3.63, 3.8) is 0 Å². The predicted octanol–water partition coefficient (Wildman–Crippen LogP) is 2.84. The van der Waals surface area contributed by atoms with Gasteiger partial charge in [-0.05, 0) is 18.6 Å². The molecule has 0 amide bonds. The molecule has 112 valence electrons. The van der Waals surface area contributed by atoms with E-state index < -0.39 is 5.60 Å². The summed E-state index contributed by atoms with van der Waals surface area (Å²) < 4.78 is 1.40. The van der Waals surface area contributed by atoms with Crippen LogP contribution in [0.5, 0.6) is 0 Å². The fraction of sp³-hybridized carbons (Fsp3) is 0.357. The van der Waals surface area contributed by atoms with Crippen molar-refractivity contribution in [2.45, 2.75) is 31.9 Å². The summed E-state index contributed by atoms with van der Waals surface area (Å²) >= 11 is 12.0. The van der Waals surface area contributed by atoms with E-state index in [1.54, 1.807) is 12.1 Å². The van der Waals surface area contributed by atoms with E-state index in [1.165, 1.54) is 23.4 Å². The number of hydrogen-bond acceptors (Lipinski definition) is 4. The van der Waals surface area contributed by atoms with Gasteiger partial charge in [0.2, 0.25) is 0 Å². The highest BCUT2D eigenvalue weighted by Gasteiger charge is 2.39. The summed E-state index contributed by atoms with van der Waals surface area (Å²) in [5, 5.41) is 15.6. The van der Waals surface area contributed by atoms with Crippen LogP contribution in [0.15, 0.2) is 30.9 Å². The fourth-order valence-electron chi connectivity index (χ4n) is 2.13. The van der Waals surface area contributed by atoms with Crippen LogP contribution < -0.4 is 0 Å². The Kier molecular flexibility index (Phi) is 4.98. The van der Waals surface area contributed by atoms with Gasteiger partial charge in [0.15, 0.2) is 11.4 Å². The van der Waals surface area contributed by atoms with E-state index in [2.05, 4.69) is 10.1 Å². The average Bonchev–Trinajstić information content (AvgIpc) is 2.91. The molecule has 0 saturated carbocycles. The smallest absolute Gasteiger partial charge is 0.170 e. The third-order valence-electron chi connectivity index (χ3n) is 3.17. The van der Waals surface area contributed by atoms with E-state index in [-0.39, 0.29) is 23.8 Å². The van der Waals surface area contributed by atoms with E-state index >= 15 is 0 Å². The molecule has 1 atom stereocenters. The first-order chi connectivity index (χ1) is 9.97. The summed E-state index contributed by atoms with van der Waals surface area (Å²) in [7, 11) is 0. The number of carbonyl (C=O) groups is 1. The number of rotatable bonds is 6. The van der Waals surface area contributed by atoms with Gasteiger partial charge >= 0.3 is 0 Å². The molecule has 0 aliphatic heterocycles. The quantitative estimate of drug-likeness (QED) is 0.885. The third kappa shape index (κ3) is 3.43. The van der Waals surface area contributed by atoms with Gasteiger partial charge in [0.1, 0.15) is 12.7 Å². The van der Waals surface area contributed by atoms with Crippen LogP contribution in [0.1, 0.15) is 25.3 Å².